The minimum atomic E-state index is -0.361. The molecule has 128 valence electrons. The molecule has 0 N–H and O–H groups in total. The third-order valence-electron chi connectivity index (χ3n) is 4.33. The van der Waals surface area contributed by atoms with E-state index in [4.69, 9.17) is 19.3 Å². The van der Waals surface area contributed by atoms with Gasteiger partial charge in [0.1, 0.15) is 5.75 Å². The van der Waals surface area contributed by atoms with Gasteiger partial charge >= 0.3 is 7.12 Å². The monoisotopic (exact) mass is 335 g/mol. The fourth-order valence-electron chi connectivity index (χ4n) is 2.77. The quantitative estimate of drug-likeness (QED) is 0.601. The van der Waals surface area contributed by atoms with Gasteiger partial charge in [0.15, 0.2) is 0 Å². The summed E-state index contributed by atoms with van der Waals surface area (Å²) in [6.45, 7) is 4.14. The standard InChI is InChI=1S/C20H22BNO3/c1-2-3-12-23-20-10-6-17(7-11-20)18-14-24-21(25-15-18)19-8-4-16(13-22)5-9-19/h4-11,18H,2-3,12,14-15H2,1H3. The molecule has 0 atom stereocenters. The van der Waals surface area contributed by atoms with Crippen LogP contribution in [0.5, 0.6) is 5.75 Å². The van der Waals surface area contributed by atoms with E-state index >= 15 is 0 Å². The first-order chi connectivity index (χ1) is 12.3. The summed E-state index contributed by atoms with van der Waals surface area (Å²) in [5.74, 6) is 1.13. The SMILES string of the molecule is CCCCOc1ccc(C2COB(c3ccc(C#N)cc3)OC2)cc1. The lowest BCUT2D eigenvalue weighted by atomic mass is 9.77. The van der Waals surface area contributed by atoms with Crippen LogP contribution in [-0.2, 0) is 9.31 Å². The van der Waals surface area contributed by atoms with Crippen LogP contribution in [0.25, 0.3) is 0 Å². The van der Waals surface area contributed by atoms with Gasteiger partial charge in [0.2, 0.25) is 0 Å². The second-order valence-electron chi connectivity index (χ2n) is 6.20. The average Bonchev–Trinajstić information content (AvgIpc) is 2.69. The Hall–Kier alpha value is -2.29. The van der Waals surface area contributed by atoms with Crippen molar-refractivity contribution in [1.82, 2.24) is 0 Å². The molecule has 0 aromatic heterocycles. The van der Waals surface area contributed by atoms with E-state index in [2.05, 4.69) is 25.1 Å². The van der Waals surface area contributed by atoms with Crippen molar-refractivity contribution in [2.24, 2.45) is 0 Å². The number of ether oxygens (including phenoxy) is 1. The lowest BCUT2D eigenvalue weighted by Gasteiger charge is -2.28. The zero-order valence-electron chi connectivity index (χ0n) is 14.5. The molecule has 0 radical (unpaired) electrons. The largest absolute Gasteiger partial charge is 0.494 e. The summed E-state index contributed by atoms with van der Waals surface area (Å²) in [6, 6.07) is 17.6. The van der Waals surface area contributed by atoms with Crippen LogP contribution in [0.1, 0.15) is 36.8 Å². The van der Waals surface area contributed by atoms with Crippen LogP contribution >= 0.6 is 0 Å². The van der Waals surface area contributed by atoms with E-state index in [1.54, 1.807) is 12.1 Å². The molecule has 1 fully saturated rings. The molecule has 0 unspecified atom stereocenters. The molecule has 0 aliphatic carbocycles. The summed E-state index contributed by atoms with van der Waals surface area (Å²) in [7, 11) is -0.361. The van der Waals surface area contributed by atoms with Crippen molar-refractivity contribution in [2.45, 2.75) is 25.7 Å². The van der Waals surface area contributed by atoms with E-state index in [1.165, 1.54) is 5.56 Å². The maximum Gasteiger partial charge on any atom is 0.493 e. The van der Waals surface area contributed by atoms with Crippen LogP contribution in [0.15, 0.2) is 48.5 Å². The number of hydrogen-bond donors (Lipinski definition) is 0. The molecule has 1 heterocycles. The Morgan fingerprint density at radius 1 is 1.08 bits per heavy atom. The van der Waals surface area contributed by atoms with Gasteiger partial charge in [0.25, 0.3) is 0 Å². The summed E-state index contributed by atoms with van der Waals surface area (Å²) >= 11 is 0. The van der Waals surface area contributed by atoms with E-state index in [-0.39, 0.29) is 13.0 Å². The van der Waals surface area contributed by atoms with Gasteiger partial charge in [-0.3, -0.25) is 0 Å². The molecule has 0 amide bonds. The van der Waals surface area contributed by atoms with Crippen LogP contribution in [-0.4, -0.2) is 26.9 Å². The number of rotatable bonds is 6. The first kappa shape index (κ1) is 17.5. The minimum Gasteiger partial charge on any atom is -0.494 e. The number of hydrogen-bond acceptors (Lipinski definition) is 4. The highest BCUT2D eigenvalue weighted by atomic mass is 16.6. The molecule has 1 aliphatic heterocycles. The maximum absolute atomic E-state index is 8.86. The Labute approximate surface area is 149 Å². The summed E-state index contributed by atoms with van der Waals surface area (Å²) in [5, 5.41) is 8.86. The molecule has 4 nitrogen and oxygen atoms in total. The molecule has 0 spiro atoms. The Morgan fingerprint density at radius 3 is 2.36 bits per heavy atom. The van der Waals surface area contributed by atoms with E-state index < -0.39 is 0 Å². The molecule has 2 aromatic carbocycles. The van der Waals surface area contributed by atoms with E-state index in [1.807, 2.05) is 24.3 Å². The Balaban J connectivity index is 1.53. The third kappa shape index (κ3) is 4.63. The molecule has 1 saturated heterocycles. The fourth-order valence-corrected chi connectivity index (χ4v) is 2.77. The van der Waals surface area contributed by atoms with Gasteiger partial charge < -0.3 is 14.0 Å². The highest BCUT2D eigenvalue weighted by Gasteiger charge is 2.29. The predicted octanol–water partition coefficient (Wildman–Crippen LogP) is 3.26. The molecule has 25 heavy (non-hydrogen) atoms. The minimum absolute atomic E-state index is 0.222. The van der Waals surface area contributed by atoms with Crippen molar-refractivity contribution in [1.29, 1.82) is 5.26 Å². The van der Waals surface area contributed by atoms with E-state index in [9.17, 15) is 0 Å². The molecule has 5 heteroatoms. The number of nitriles is 1. The Morgan fingerprint density at radius 2 is 1.76 bits per heavy atom. The summed E-state index contributed by atoms with van der Waals surface area (Å²) in [4.78, 5) is 0. The van der Waals surface area contributed by atoms with Gasteiger partial charge in [-0.25, -0.2) is 0 Å². The molecule has 3 rings (SSSR count). The Bertz CT molecular complexity index is 701. The zero-order chi connectivity index (χ0) is 17.5. The number of nitrogens with zero attached hydrogens (tertiary/aromatic N) is 1. The van der Waals surface area contributed by atoms with Crippen molar-refractivity contribution < 1.29 is 14.0 Å². The van der Waals surface area contributed by atoms with Crippen molar-refractivity contribution in [3.63, 3.8) is 0 Å². The van der Waals surface area contributed by atoms with Crippen molar-refractivity contribution in [2.75, 3.05) is 19.8 Å². The average molecular weight is 335 g/mol. The smallest absolute Gasteiger partial charge is 0.493 e. The van der Waals surface area contributed by atoms with E-state index in [0.29, 0.717) is 18.8 Å². The maximum atomic E-state index is 8.86. The van der Waals surface area contributed by atoms with Crippen molar-refractivity contribution >= 4 is 12.6 Å². The zero-order valence-corrected chi connectivity index (χ0v) is 14.5. The predicted molar refractivity (Wildman–Crippen MR) is 98.0 cm³/mol. The normalized spacial score (nSPS) is 15.0. The topological polar surface area (TPSA) is 51.5 Å². The lowest BCUT2D eigenvalue weighted by molar-refractivity contribution is 0.121. The first-order valence-corrected chi connectivity index (χ1v) is 8.76. The molecule has 1 aliphatic rings. The number of unbranched alkanes of at least 4 members (excludes halogenated alkanes) is 1. The van der Waals surface area contributed by atoms with Gasteiger partial charge in [0, 0.05) is 19.1 Å². The van der Waals surface area contributed by atoms with E-state index in [0.717, 1.165) is 30.7 Å². The second-order valence-corrected chi connectivity index (χ2v) is 6.20. The highest BCUT2D eigenvalue weighted by molar-refractivity contribution is 6.61. The lowest BCUT2D eigenvalue weighted by Crippen LogP contribution is -2.43. The van der Waals surface area contributed by atoms with Gasteiger partial charge in [-0.05, 0) is 41.7 Å². The fraction of sp³-hybridized carbons (Fsp3) is 0.350. The van der Waals surface area contributed by atoms with Crippen molar-refractivity contribution in [3.05, 3.63) is 59.7 Å². The Kier molecular flexibility index (Phi) is 6.11. The summed E-state index contributed by atoms with van der Waals surface area (Å²) < 4.78 is 17.5. The third-order valence-corrected chi connectivity index (χ3v) is 4.33. The van der Waals surface area contributed by atoms with Gasteiger partial charge in [0.05, 0.1) is 18.2 Å². The highest BCUT2D eigenvalue weighted by Crippen LogP contribution is 2.23. The summed E-state index contributed by atoms with van der Waals surface area (Å²) in [5.41, 5.74) is 2.77. The first-order valence-electron chi connectivity index (χ1n) is 8.76. The van der Waals surface area contributed by atoms with Crippen LogP contribution in [0.3, 0.4) is 0 Å². The molecule has 2 aromatic rings. The molecule has 0 bridgehead atoms. The summed E-state index contributed by atoms with van der Waals surface area (Å²) in [6.07, 6.45) is 2.21. The van der Waals surface area contributed by atoms with Crippen LogP contribution < -0.4 is 10.2 Å². The van der Waals surface area contributed by atoms with Crippen LogP contribution in [0.4, 0.5) is 0 Å². The molecular formula is C20H22BNO3. The van der Waals surface area contributed by atoms with Crippen molar-refractivity contribution in [3.8, 4) is 11.8 Å². The molecule has 0 saturated carbocycles. The molecular weight excluding hydrogens is 313 g/mol. The van der Waals surface area contributed by atoms with Gasteiger partial charge in [-0.15, -0.1) is 0 Å². The van der Waals surface area contributed by atoms with Crippen LogP contribution in [0, 0.1) is 11.3 Å². The number of benzene rings is 2. The van der Waals surface area contributed by atoms with Gasteiger partial charge in [-0.2, -0.15) is 5.26 Å². The van der Waals surface area contributed by atoms with Crippen LogP contribution in [0.2, 0.25) is 0 Å². The second kappa shape index (κ2) is 8.71. The van der Waals surface area contributed by atoms with Gasteiger partial charge in [-0.1, -0.05) is 37.6 Å².